The van der Waals surface area contributed by atoms with Crippen molar-refractivity contribution < 1.29 is 13.2 Å². The van der Waals surface area contributed by atoms with E-state index in [9.17, 15) is 13.2 Å². The molecule has 0 unspecified atom stereocenters. The van der Waals surface area contributed by atoms with E-state index in [1.165, 1.54) is 19.1 Å². The van der Waals surface area contributed by atoms with Crippen molar-refractivity contribution in [2.24, 2.45) is 0 Å². The molecular weight excluding hydrogens is 270 g/mol. The van der Waals surface area contributed by atoms with Crippen LogP contribution in [0, 0.1) is 0 Å². The fourth-order valence-electron chi connectivity index (χ4n) is 1.29. The number of carbonyl (C=O) groups is 1. The molecular formula is C12H17NO3S2. The highest BCUT2D eigenvalue weighted by atomic mass is 33.1. The predicted octanol–water partition coefficient (Wildman–Crippen LogP) is 2.87. The third kappa shape index (κ3) is 4.70. The fourth-order valence-corrected chi connectivity index (χ4v) is 4.27. The van der Waals surface area contributed by atoms with E-state index >= 15 is 0 Å². The van der Waals surface area contributed by atoms with Crippen LogP contribution in [0.2, 0.25) is 0 Å². The Balaban J connectivity index is 2.74. The van der Waals surface area contributed by atoms with Crippen LogP contribution in [0.4, 0.5) is 5.69 Å². The van der Waals surface area contributed by atoms with E-state index in [1.54, 1.807) is 12.1 Å². The second kappa shape index (κ2) is 6.80. The third-order valence-corrected chi connectivity index (χ3v) is 5.82. The molecule has 0 aliphatic carbocycles. The number of unbranched alkanes of at least 4 members (excludes halogenated alkanes) is 1. The largest absolute Gasteiger partial charge is 0.326 e. The molecule has 100 valence electrons. The lowest BCUT2D eigenvalue weighted by molar-refractivity contribution is -0.114. The van der Waals surface area contributed by atoms with Gasteiger partial charge in [-0.3, -0.25) is 4.79 Å². The summed E-state index contributed by atoms with van der Waals surface area (Å²) in [6.07, 6.45) is 1.86. The first-order chi connectivity index (χ1) is 8.45. The van der Waals surface area contributed by atoms with Crippen molar-refractivity contribution >= 4 is 31.3 Å². The number of carbonyl (C=O) groups excluding carboxylic acids is 1. The van der Waals surface area contributed by atoms with Crippen molar-refractivity contribution in [3.8, 4) is 0 Å². The highest BCUT2D eigenvalue weighted by molar-refractivity contribution is 8.72. The number of hydrogen-bond acceptors (Lipinski definition) is 4. The van der Waals surface area contributed by atoms with Gasteiger partial charge >= 0.3 is 0 Å². The van der Waals surface area contributed by atoms with Crippen LogP contribution < -0.4 is 5.32 Å². The summed E-state index contributed by atoms with van der Waals surface area (Å²) in [5.41, 5.74) is 0.597. The average molecular weight is 287 g/mol. The van der Waals surface area contributed by atoms with E-state index < -0.39 is 8.87 Å². The molecule has 18 heavy (non-hydrogen) atoms. The van der Waals surface area contributed by atoms with Crippen LogP contribution in [0.25, 0.3) is 0 Å². The number of rotatable bonds is 6. The lowest BCUT2D eigenvalue weighted by Gasteiger charge is -2.05. The molecule has 0 bridgehead atoms. The summed E-state index contributed by atoms with van der Waals surface area (Å²) in [6, 6.07) is 6.21. The van der Waals surface area contributed by atoms with Gasteiger partial charge in [0, 0.05) is 18.4 Å². The molecule has 6 heteroatoms. The van der Waals surface area contributed by atoms with Gasteiger partial charge in [-0.2, -0.15) is 0 Å². The minimum atomic E-state index is -3.27. The molecule has 1 aromatic carbocycles. The van der Waals surface area contributed by atoms with Gasteiger partial charge in [-0.25, -0.2) is 8.42 Å². The molecule has 0 radical (unpaired) electrons. The minimum absolute atomic E-state index is 0.178. The van der Waals surface area contributed by atoms with Gasteiger partial charge in [-0.05, 0) is 41.5 Å². The first-order valence-electron chi connectivity index (χ1n) is 5.73. The Labute approximate surface area is 111 Å². The molecule has 1 rings (SSSR count). The maximum Gasteiger partial charge on any atom is 0.229 e. The summed E-state index contributed by atoms with van der Waals surface area (Å²) in [7, 11) is -2.31. The summed E-state index contributed by atoms with van der Waals surface area (Å²) < 4.78 is 23.8. The molecule has 0 aliphatic heterocycles. The van der Waals surface area contributed by atoms with Gasteiger partial charge in [0.25, 0.3) is 0 Å². The number of benzene rings is 1. The van der Waals surface area contributed by atoms with Crippen LogP contribution in [0.3, 0.4) is 0 Å². The lowest BCUT2D eigenvalue weighted by atomic mass is 10.3. The van der Waals surface area contributed by atoms with E-state index in [0.29, 0.717) is 11.4 Å². The van der Waals surface area contributed by atoms with Gasteiger partial charge in [-0.1, -0.05) is 13.3 Å². The number of anilines is 1. The highest BCUT2D eigenvalue weighted by Crippen LogP contribution is 2.25. The maximum absolute atomic E-state index is 11.9. The van der Waals surface area contributed by atoms with E-state index in [-0.39, 0.29) is 10.8 Å². The van der Waals surface area contributed by atoms with Gasteiger partial charge in [0.2, 0.25) is 14.8 Å². The molecule has 1 aromatic rings. The molecule has 0 atom stereocenters. The van der Waals surface area contributed by atoms with Gasteiger partial charge in [-0.15, -0.1) is 0 Å². The van der Waals surface area contributed by atoms with E-state index in [1.807, 2.05) is 6.92 Å². The van der Waals surface area contributed by atoms with Crippen LogP contribution in [0.1, 0.15) is 26.7 Å². The van der Waals surface area contributed by atoms with Crippen LogP contribution in [-0.2, 0) is 13.7 Å². The summed E-state index contributed by atoms with van der Waals surface area (Å²) >= 11 is 0. The zero-order valence-electron chi connectivity index (χ0n) is 10.5. The highest BCUT2D eigenvalue weighted by Gasteiger charge is 2.14. The smallest absolute Gasteiger partial charge is 0.229 e. The quantitative estimate of drug-likeness (QED) is 0.645. The molecule has 0 spiro atoms. The maximum atomic E-state index is 11.9. The minimum Gasteiger partial charge on any atom is -0.326 e. The summed E-state index contributed by atoms with van der Waals surface area (Å²) in [5.74, 6) is 0.426. The number of amides is 1. The van der Waals surface area contributed by atoms with Gasteiger partial charge in [0.1, 0.15) is 0 Å². The molecule has 0 fully saturated rings. The SMILES string of the molecule is CCCCSS(=O)(=O)c1ccc(NC(C)=O)cc1. The lowest BCUT2D eigenvalue weighted by Crippen LogP contribution is -2.05. The molecule has 0 aliphatic rings. The first-order valence-corrected chi connectivity index (χ1v) is 8.71. The molecule has 1 N–H and O–H groups in total. The van der Waals surface area contributed by atoms with Crippen molar-refractivity contribution in [1.29, 1.82) is 0 Å². The van der Waals surface area contributed by atoms with E-state index in [2.05, 4.69) is 5.32 Å². The predicted molar refractivity (Wildman–Crippen MR) is 75.3 cm³/mol. The Morgan fingerprint density at radius 1 is 1.28 bits per heavy atom. The molecule has 4 nitrogen and oxygen atoms in total. The van der Waals surface area contributed by atoms with Gasteiger partial charge in [0.05, 0.1) is 4.90 Å². The van der Waals surface area contributed by atoms with Crippen molar-refractivity contribution in [3.05, 3.63) is 24.3 Å². The molecule has 0 saturated heterocycles. The molecule has 0 saturated carbocycles. The Hall–Kier alpha value is -1.01. The van der Waals surface area contributed by atoms with Crippen LogP contribution >= 0.6 is 10.8 Å². The number of hydrogen-bond donors (Lipinski definition) is 1. The van der Waals surface area contributed by atoms with Crippen LogP contribution in [-0.4, -0.2) is 20.1 Å². The normalized spacial score (nSPS) is 11.2. The zero-order chi connectivity index (χ0) is 13.6. The van der Waals surface area contributed by atoms with Crippen LogP contribution in [0.15, 0.2) is 29.2 Å². The third-order valence-electron chi connectivity index (χ3n) is 2.20. The summed E-state index contributed by atoms with van der Waals surface area (Å²) in [5, 5.41) is 2.60. The standard InChI is InChI=1S/C12H17NO3S2/c1-3-4-9-17-18(15,16)12-7-5-11(6-8-12)13-10(2)14/h5-8H,3-4,9H2,1-2H3,(H,13,14). The molecule has 0 heterocycles. The number of nitrogens with one attached hydrogen (secondary N) is 1. The van der Waals surface area contributed by atoms with Crippen molar-refractivity contribution in [2.75, 3.05) is 11.1 Å². The first kappa shape index (κ1) is 15.0. The van der Waals surface area contributed by atoms with Gasteiger partial charge < -0.3 is 5.32 Å². The zero-order valence-corrected chi connectivity index (χ0v) is 12.1. The summed E-state index contributed by atoms with van der Waals surface area (Å²) in [6.45, 7) is 3.43. The molecule has 1 amide bonds. The molecule has 0 aromatic heterocycles. The van der Waals surface area contributed by atoms with Gasteiger partial charge in [0.15, 0.2) is 0 Å². The van der Waals surface area contributed by atoms with E-state index in [4.69, 9.17) is 0 Å². The van der Waals surface area contributed by atoms with Crippen molar-refractivity contribution in [3.63, 3.8) is 0 Å². The average Bonchev–Trinajstić information content (AvgIpc) is 2.29. The van der Waals surface area contributed by atoms with Crippen LogP contribution in [0.5, 0.6) is 0 Å². The Morgan fingerprint density at radius 2 is 1.89 bits per heavy atom. The summed E-state index contributed by atoms with van der Waals surface area (Å²) in [4.78, 5) is 11.1. The second-order valence-corrected chi connectivity index (χ2v) is 7.88. The van der Waals surface area contributed by atoms with E-state index in [0.717, 1.165) is 23.6 Å². The monoisotopic (exact) mass is 287 g/mol. The Kier molecular flexibility index (Phi) is 5.68. The fraction of sp³-hybridized carbons (Fsp3) is 0.417. The topological polar surface area (TPSA) is 63.2 Å². The van der Waals surface area contributed by atoms with Crippen molar-refractivity contribution in [1.82, 2.24) is 0 Å². The Morgan fingerprint density at radius 3 is 2.39 bits per heavy atom. The van der Waals surface area contributed by atoms with Crippen molar-refractivity contribution in [2.45, 2.75) is 31.6 Å². The second-order valence-electron chi connectivity index (χ2n) is 3.84. The Bertz CT molecular complexity index is 495.